The first-order valence-corrected chi connectivity index (χ1v) is 11.5. The van der Waals surface area contributed by atoms with E-state index in [9.17, 15) is 9.59 Å². The molecule has 0 saturated carbocycles. The van der Waals surface area contributed by atoms with Crippen LogP contribution in [0.2, 0.25) is 5.02 Å². The van der Waals surface area contributed by atoms with Gasteiger partial charge in [-0.2, -0.15) is 5.10 Å². The van der Waals surface area contributed by atoms with Gasteiger partial charge in [-0.25, -0.2) is 4.68 Å². The molecule has 0 N–H and O–H groups in total. The van der Waals surface area contributed by atoms with E-state index in [0.29, 0.717) is 36.9 Å². The fourth-order valence-corrected chi connectivity index (χ4v) is 4.78. The van der Waals surface area contributed by atoms with Crippen molar-refractivity contribution in [3.63, 3.8) is 0 Å². The SMILES string of the molecule is Cc1ccc(Cl)cc1N1CCN(C(=O)C(C)(C)n2nc(-c3cccs3)ccc2=O)CC1. The molecule has 0 atom stereocenters. The van der Waals surface area contributed by atoms with Gasteiger partial charge in [-0.05, 0) is 56.0 Å². The number of carbonyl (C=O) groups excluding carboxylic acids is 1. The number of hydrogen-bond acceptors (Lipinski definition) is 5. The average Bonchev–Trinajstić information content (AvgIpc) is 3.30. The van der Waals surface area contributed by atoms with Gasteiger partial charge in [-0.1, -0.05) is 23.7 Å². The number of aromatic nitrogens is 2. The van der Waals surface area contributed by atoms with Crippen molar-refractivity contribution < 1.29 is 4.79 Å². The molecule has 0 unspecified atom stereocenters. The van der Waals surface area contributed by atoms with Gasteiger partial charge in [-0.15, -0.1) is 11.3 Å². The van der Waals surface area contributed by atoms with Crippen LogP contribution in [-0.2, 0) is 10.3 Å². The third-order valence-electron chi connectivity index (χ3n) is 5.71. The van der Waals surface area contributed by atoms with Gasteiger partial charge in [0, 0.05) is 43.0 Å². The van der Waals surface area contributed by atoms with Crippen LogP contribution in [0.15, 0.2) is 52.6 Å². The van der Waals surface area contributed by atoms with Gasteiger partial charge in [0.05, 0.1) is 4.88 Å². The van der Waals surface area contributed by atoms with Crippen molar-refractivity contribution in [1.82, 2.24) is 14.7 Å². The molecule has 162 valence electrons. The van der Waals surface area contributed by atoms with Gasteiger partial charge in [0.15, 0.2) is 0 Å². The second-order valence-electron chi connectivity index (χ2n) is 8.21. The summed E-state index contributed by atoms with van der Waals surface area (Å²) in [7, 11) is 0. The first-order chi connectivity index (χ1) is 14.8. The predicted molar refractivity (Wildman–Crippen MR) is 126 cm³/mol. The lowest BCUT2D eigenvalue weighted by Gasteiger charge is -2.40. The quantitative estimate of drug-likeness (QED) is 0.595. The minimum absolute atomic E-state index is 0.104. The molecule has 1 aromatic carbocycles. The summed E-state index contributed by atoms with van der Waals surface area (Å²) in [6.45, 7) is 8.15. The molecule has 1 fully saturated rings. The highest BCUT2D eigenvalue weighted by Crippen LogP contribution is 2.27. The largest absolute Gasteiger partial charge is 0.368 e. The zero-order chi connectivity index (χ0) is 22.2. The number of benzene rings is 1. The normalized spacial score (nSPS) is 14.7. The van der Waals surface area contributed by atoms with Crippen molar-refractivity contribution in [2.24, 2.45) is 0 Å². The first kappa shape index (κ1) is 21.6. The molecule has 8 heteroatoms. The number of piperazine rings is 1. The van der Waals surface area contributed by atoms with E-state index in [0.717, 1.165) is 16.1 Å². The van der Waals surface area contributed by atoms with Crippen molar-refractivity contribution >= 4 is 34.5 Å². The molecule has 6 nitrogen and oxygen atoms in total. The number of carbonyl (C=O) groups is 1. The number of aryl methyl sites for hydroxylation is 1. The Morgan fingerprint density at radius 3 is 2.52 bits per heavy atom. The summed E-state index contributed by atoms with van der Waals surface area (Å²) in [5, 5.41) is 7.20. The number of nitrogens with zero attached hydrogens (tertiary/aromatic N) is 4. The Hall–Kier alpha value is -2.64. The van der Waals surface area contributed by atoms with Crippen LogP contribution in [0.25, 0.3) is 10.6 Å². The van der Waals surface area contributed by atoms with Crippen LogP contribution in [0.5, 0.6) is 0 Å². The van der Waals surface area contributed by atoms with Crippen LogP contribution in [-0.4, -0.2) is 46.8 Å². The standard InChI is InChI=1S/C23H25ClN4O2S/c1-16-6-7-17(24)15-19(16)26-10-12-27(13-11-26)22(30)23(2,3)28-21(29)9-8-18(25-28)20-5-4-14-31-20/h4-9,14-15H,10-13H2,1-3H3. The van der Waals surface area contributed by atoms with E-state index in [-0.39, 0.29) is 11.5 Å². The molecule has 1 saturated heterocycles. The predicted octanol–water partition coefficient (Wildman–Crippen LogP) is 4.02. The van der Waals surface area contributed by atoms with Gasteiger partial charge >= 0.3 is 0 Å². The molecule has 31 heavy (non-hydrogen) atoms. The Morgan fingerprint density at radius 1 is 1.10 bits per heavy atom. The zero-order valence-electron chi connectivity index (χ0n) is 17.8. The fourth-order valence-electron chi connectivity index (χ4n) is 3.92. The van der Waals surface area contributed by atoms with E-state index in [1.165, 1.54) is 10.7 Å². The van der Waals surface area contributed by atoms with E-state index in [1.54, 1.807) is 31.3 Å². The monoisotopic (exact) mass is 456 g/mol. The minimum atomic E-state index is -1.08. The van der Waals surface area contributed by atoms with Crippen molar-refractivity contribution in [3.05, 3.63) is 68.8 Å². The number of anilines is 1. The third kappa shape index (κ3) is 4.25. The van der Waals surface area contributed by atoms with Crippen molar-refractivity contribution in [2.45, 2.75) is 26.3 Å². The van der Waals surface area contributed by atoms with Gasteiger partial charge in [0.1, 0.15) is 11.2 Å². The lowest BCUT2D eigenvalue weighted by Crippen LogP contribution is -2.56. The van der Waals surface area contributed by atoms with E-state index in [1.807, 2.05) is 40.6 Å². The number of thiophene rings is 1. The maximum atomic E-state index is 13.4. The Labute approximate surface area is 190 Å². The smallest absolute Gasteiger partial charge is 0.267 e. The fraction of sp³-hybridized carbons (Fsp3) is 0.348. The van der Waals surface area contributed by atoms with Crippen molar-refractivity contribution in [1.29, 1.82) is 0 Å². The van der Waals surface area contributed by atoms with Crippen molar-refractivity contribution in [3.8, 4) is 10.6 Å². The van der Waals surface area contributed by atoms with Crippen LogP contribution in [0, 0.1) is 6.92 Å². The molecule has 1 amide bonds. The summed E-state index contributed by atoms with van der Waals surface area (Å²) >= 11 is 7.73. The second kappa shape index (κ2) is 8.48. The number of hydrogen-bond donors (Lipinski definition) is 0. The molecule has 1 aliphatic heterocycles. The highest BCUT2D eigenvalue weighted by atomic mass is 35.5. The van der Waals surface area contributed by atoms with E-state index in [2.05, 4.69) is 16.9 Å². The van der Waals surface area contributed by atoms with Gasteiger partial charge in [-0.3, -0.25) is 9.59 Å². The summed E-state index contributed by atoms with van der Waals surface area (Å²) in [5.41, 5.74) is 1.58. The molecule has 1 aliphatic rings. The number of amides is 1. The first-order valence-electron chi connectivity index (χ1n) is 10.2. The Morgan fingerprint density at radius 2 is 1.84 bits per heavy atom. The molecule has 3 heterocycles. The molecular formula is C23H25ClN4O2S. The van der Waals surface area contributed by atoms with Gasteiger partial charge in [0.2, 0.25) is 5.91 Å². The van der Waals surface area contributed by atoms with Crippen LogP contribution < -0.4 is 10.5 Å². The van der Waals surface area contributed by atoms with Crippen LogP contribution >= 0.6 is 22.9 Å². The molecule has 2 aromatic heterocycles. The third-order valence-corrected chi connectivity index (χ3v) is 6.83. The minimum Gasteiger partial charge on any atom is -0.368 e. The lowest BCUT2D eigenvalue weighted by molar-refractivity contribution is -0.140. The summed E-state index contributed by atoms with van der Waals surface area (Å²) < 4.78 is 1.32. The van der Waals surface area contributed by atoms with Gasteiger partial charge in [0.25, 0.3) is 5.56 Å². The van der Waals surface area contributed by atoms with Crippen molar-refractivity contribution in [2.75, 3.05) is 31.1 Å². The van der Waals surface area contributed by atoms with E-state index < -0.39 is 5.54 Å². The highest BCUT2D eigenvalue weighted by Gasteiger charge is 2.37. The topological polar surface area (TPSA) is 58.4 Å². The summed E-state index contributed by atoms with van der Waals surface area (Å²) in [5.74, 6) is -0.104. The molecule has 0 radical (unpaired) electrons. The van der Waals surface area contributed by atoms with Crippen LogP contribution in [0.3, 0.4) is 0 Å². The summed E-state index contributed by atoms with van der Waals surface area (Å²) in [6, 6.07) is 12.9. The zero-order valence-corrected chi connectivity index (χ0v) is 19.4. The molecule has 3 aromatic rings. The van der Waals surface area contributed by atoms with Gasteiger partial charge < -0.3 is 9.80 Å². The van der Waals surface area contributed by atoms with Crippen LogP contribution in [0.1, 0.15) is 19.4 Å². The molecule has 0 aliphatic carbocycles. The summed E-state index contributed by atoms with van der Waals surface area (Å²) in [6.07, 6.45) is 0. The summed E-state index contributed by atoms with van der Waals surface area (Å²) in [4.78, 5) is 31.0. The molecule has 4 rings (SSSR count). The van der Waals surface area contributed by atoms with E-state index in [4.69, 9.17) is 11.6 Å². The number of halogens is 1. The molecular weight excluding hydrogens is 432 g/mol. The Bertz CT molecular complexity index is 1150. The highest BCUT2D eigenvalue weighted by molar-refractivity contribution is 7.13. The van der Waals surface area contributed by atoms with Crippen LogP contribution in [0.4, 0.5) is 5.69 Å². The molecule has 0 spiro atoms. The maximum Gasteiger partial charge on any atom is 0.267 e. The number of rotatable bonds is 4. The average molecular weight is 457 g/mol. The molecule has 0 bridgehead atoms. The Balaban J connectivity index is 1.53. The Kier molecular flexibility index (Phi) is 5.90. The second-order valence-corrected chi connectivity index (χ2v) is 9.60. The van der Waals surface area contributed by atoms with E-state index >= 15 is 0 Å². The maximum absolute atomic E-state index is 13.4. The lowest BCUT2D eigenvalue weighted by atomic mass is 10.0.